The van der Waals surface area contributed by atoms with Crippen molar-refractivity contribution in [3.63, 3.8) is 0 Å². The molecule has 2 rings (SSSR count). The number of carbonyl (C=O) groups excluding carboxylic acids is 1. The third kappa shape index (κ3) is 9.48. The van der Waals surface area contributed by atoms with Gasteiger partial charge in [0.1, 0.15) is 5.76 Å². The molecule has 1 fully saturated rings. The molecule has 0 bridgehead atoms. The number of aliphatic hydroxyl groups excluding tert-OH is 1. The molecule has 0 aromatic carbocycles. The topological polar surface area (TPSA) is 74.2 Å². The van der Waals surface area contributed by atoms with Crippen molar-refractivity contribution in [1.29, 1.82) is 0 Å². The van der Waals surface area contributed by atoms with Crippen LogP contribution in [0.25, 0.3) is 0 Å². The summed E-state index contributed by atoms with van der Waals surface area (Å²) >= 11 is 0. The first-order valence-electron chi connectivity index (χ1n) is 11.8. The molecule has 31 heavy (non-hydrogen) atoms. The van der Waals surface area contributed by atoms with E-state index in [0.717, 1.165) is 12.5 Å². The number of aliphatic hydroxyl groups is 1. The molecule has 0 radical (unpaired) electrons. The van der Waals surface area contributed by atoms with E-state index in [9.17, 15) is 4.79 Å². The maximum atomic E-state index is 11.6. The van der Waals surface area contributed by atoms with Crippen LogP contribution < -0.4 is 0 Å². The first kappa shape index (κ1) is 25.5. The van der Waals surface area contributed by atoms with E-state index in [4.69, 9.17) is 24.4 Å². The zero-order valence-corrected chi connectivity index (χ0v) is 19.3. The Morgan fingerprint density at radius 2 is 1.84 bits per heavy atom. The zero-order valence-electron chi connectivity index (χ0n) is 19.3. The van der Waals surface area contributed by atoms with E-state index < -0.39 is 12.6 Å². The third-order valence-electron chi connectivity index (χ3n) is 6.22. The molecule has 0 heterocycles. The number of ether oxygens (including phenoxy) is 2. The number of carbonyl (C=O) groups is 1. The molecular weight excluding hydrogens is 396 g/mol. The van der Waals surface area contributed by atoms with Crippen LogP contribution in [0.15, 0.2) is 35.8 Å². The molecule has 0 aromatic rings. The molecule has 176 valence electrons. The number of rotatable bonds is 14. The van der Waals surface area contributed by atoms with E-state index in [2.05, 4.69) is 13.5 Å². The van der Waals surface area contributed by atoms with E-state index in [-0.39, 0.29) is 11.7 Å². The highest BCUT2D eigenvalue weighted by molar-refractivity contribution is 5.87. The second-order valence-electron chi connectivity index (χ2n) is 8.77. The molecule has 1 saturated carbocycles. The number of hydrogen-bond donors (Lipinski definition) is 1. The van der Waals surface area contributed by atoms with Crippen LogP contribution in [-0.2, 0) is 24.0 Å². The lowest BCUT2D eigenvalue weighted by molar-refractivity contribution is -0.246. The van der Waals surface area contributed by atoms with Gasteiger partial charge < -0.3 is 14.6 Å². The normalized spacial score (nSPS) is 23.5. The van der Waals surface area contributed by atoms with Crippen LogP contribution in [0.2, 0.25) is 0 Å². The third-order valence-corrected chi connectivity index (χ3v) is 6.22. The highest BCUT2D eigenvalue weighted by atomic mass is 17.2. The molecule has 0 spiro atoms. The quantitative estimate of drug-likeness (QED) is 0.171. The molecule has 0 amide bonds. The molecule has 6 nitrogen and oxygen atoms in total. The Labute approximate surface area is 187 Å². The van der Waals surface area contributed by atoms with Gasteiger partial charge in [0.2, 0.25) is 0 Å². The van der Waals surface area contributed by atoms with Gasteiger partial charge in [0, 0.05) is 12.5 Å². The van der Waals surface area contributed by atoms with Crippen molar-refractivity contribution in [1.82, 2.24) is 0 Å². The molecule has 1 unspecified atom stereocenters. The van der Waals surface area contributed by atoms with E-state index >= 15 is 0 Å². The minimum Gasteiger partial charge on any atom is -0.497 e. The first-order valence-corrected chi connectivity index (χ1v) is 11.8. The Morgan fingerprint density at radius 3 is 2.52 bits per heavy atom. The Bertz CT molecular complexity index is 616. The molecular formula is C25H40O6. The smallest absolute Gasteiger partial charge is 0.383 e. The van der Waals surface area contributed by atoms with Crippen molar-refractivity contribution in [3.8, 4) is 0 Å². The van der Waals surface area contributed by atoms with Crippen LogP contribution in [-0.4, -0.2) is 37.5 Å². The minimum atomic E-state index is -0.795. The summed E-state index contributed by atoms with van der Waals surface area (Å²) in [5.74, 6) is 1.73. The van der Waals surface area contributed by atoms with Crippen LogP contribution in [0, 0.1) is 11.8 Å². The van der Waals surface area contributed by atoms with Crippen LogP contribution in [0.3, 0.4) is 0 Å². The van der Waals surface area contributed by atoms with Crippen molar-refractivity contribution in [2.24, 2.45) is 11.8 Å². The van der Waals surface area contributed by atoms with Gasteiger partial charge in [0.25, 0.3) is 0 Å². The number of allylic oxidation sites excluding steroid dienone is 1. The number of methoxy groups -OCH3 is 1. The molecule has 2 aliphatic rings. The summed E-state index contributed by atoms with van der Waals surface area (Å²) in [4.78, 5) is 21.5. The Kier molecular flexibility index (Phi) is 11.8. The molecule has 0 aliphatic heterocycles. The van der Waals surface area contributed by atoms with Gasteiger partial charge in [0.15, 0.2) is 5.76 Å². The van der Waals surface area contributed by atoms with Crippen LogP contribution in [0.4, 0.5) is 0 Å². The predicted octanol–water partition coefficient (Wildman–Crippen LogP) is 5.38. The lowest BCUT2D eigenvalue weighted by atomic mass is 9.80. The SMILES string of the molecule is C=C(CO)C(=O)OOC1=CC(OC)=CC(OCC2CCC(CCCCCCC)CC2)C1. The predicted molar refractivity (Wildman–Crippen MR) is 120 cm³/mol. The summed E-state index contributed by atoms with van der Waals surface area (Å²) in [6.45, 7) is 5.92. The van der Waals surface area contributed by atoms with Crippen molar-refractivity contribution < 1.29 is 29.1 Å². The average Bonchev–Trinajstić information content (AvgIpc) is 2.81. The standard InChI is InChI=1S/C25H40O6/c1-4-5-6-7-8-9-20-10-12-21(13-11-20)18-29-23-14-22(28-3)15-24(16-23)30-31-25(27)19(2)17-26/h14-15,20-21,23,26H,2,4-13,16-18H2,1,3H3. The summed E-state index contributed by atoms with van der Waals surface area (Å²) in [5, 5.41) is 8.93. The molecule has 6 heteroatoms. The number of unbranched alkanes of at least 4 members (excludes halogenated alkanes) is 4. The summed E-state index contributed by atoms with van der Waals surface area (Å²) in [6.07, 6.45) is 17.1. The molecule has 0 saturated heterocycles. The second-order valence-corrected chi connectivity index (χ2v) is 8.77. The Balaban J connectivity index is 1.68. The highest BCUT2D eigenvalue weighted by Gasteiger charge is 2.24. The highest BCUT2D eigenvalue weighted by Crippen LogP contribution is 2.33. The van der Waals surface area contributed by atoms with Gasteiger partial charge in [-0.3, -0.25) is 4.89 Å². The van der Waals surface area contributed by atoms with Crippen LogP contribution in [0.5, 0.6) is 0 Å². The maximum absolute atomic E-state index is 11.6. The van der Waals surface area contributed by atoms with Crippen molar-refractivity contribution in [3.05, 3.63) is 35.8 Å². The Morgan fingerprint density at radius 1 is 1.13 bits per heavy atom. The van der Waals surface area contributed by atoms with Gasteiger partial charge in [-0.15, -0.1) is 0 Å². The monoisotopic (exact) mass is 436 g/mol. The van der Waals surface area contributed by atoms with Gasteiger partial charge in [0.05, 0.1) is 32.0 Å². The van der Waals surface area contributed by atoms with Crippen molar-refractivity contribution in [2.75, 3.05) is 20.3 Å². The molecule has 1 N–H and O–H groups in total. The minimum absolute atomic E-state index is 0.0664. The van der Waals surface area contributed by atoms with Gasteiger partial charge in [-0.05, 0) is 30.8 Å². The fourth-order valence-corrected chi connectivity index (χ4v) is 4.20. The molecule has 0 aromatic heterocycles. The number of hydrogen-bond acceptors (Lipinski definition) is 6. The van der Waals surface area contributed by atoms with Gasteiger partial charge in [-0.25, -0.2) is 9.68 Å². The van der Waals surface area contributed by atoms with Crippen LogP contribution >= 0.6 is 0 Å². The fraction of sp³-hybridized carbons (Fsp3) is 0.720. The van der Waals surface area contributed by atoms with E-state index in [0.29, 0.717) is 23.9 Å². The molecule has 1 atom stereocenters. The van der Waals surface area contributed by atoms with E-state index in [1.54, 1.807) is 13.2 Å². The van der Waals surface area contributed by atoms with Crippen molar-refractivity contribution >= 4 is 5.97 Å². The summed E-state index contributed by atoms with van der Waals surface area (Å²) in [6, 6.07) is 0. The van der Waals surface area contributed by atoms with Gasteiger partial charge in [-0.2, -0.15) is 0 Å². The second kappa shape index (κ2) is 14.3. The van der Waals surface area contributed by atoms with Crippen LogP contribution in [0.1, 0.15) is 77.6 Å². The fourth-order valence-electron chi connectivity index (χ4n) is 4.20. The molecule has 2 aliphatic carbocycles. The first-order chi connectivity index (χ1) is 15.0. The summed E-state index contributed by atoms with van der Waals surface area (Å²) in [5.41, 5.74) is -0.0664. The maximum Gasteiger partial charge on any atom is 0.383 e. The summed E-state index contributed by atoms with van der Waals surface area (Å²) in [7, 11) is 1.57. The van der Waals surface area contributed by atoms with Crippen molar-refractivity contribution in [2.45, 2.75) is 83.7 Å². The zero-order chi connectivity index (χ0) is 22.5. The Hall–Kier alpha value is -1.79. The lowest BCUT2D eigenvalue weighted by Gasteiger charge is -2.30. The largest absolute Gasteiger partial charge is 0.497 e. The lowest BCUT2D eigenvalue weighted by Crippen LogP contribution is -2.24. The summed E-state index contributed by atoms with van der Waals surface area (Å²) < 4.78 is 11.5. The van der Waals surface area contributed by atoms with E-state index in [1.807, 2.05) is 6.08 Å². The van der Waals surface area contributed by atoms with Gasteiger partial charge in [-0.1, -0.05) is 64.9 Å². The van der Waals surface area contributed by atoms with Gasteiger partial charge >= 0.3 is 5.97 Å². The average molecular weight is 437 g/mol. The van der Waals surface area contributed by atoms with E-state index in [1.165, 1.54) is 64.2 Å².